The van der Waals surface area contributed by atoms with E-state index in [1.165, 1.54) is 30.8 Å². The summed E-state index contributed by atoms with van der Waals surface area (Å²) >= 11 is 0. The van der Waals surface area contributed by atoms with Crippen LogP contribution in [0.2, 0.25) is 0 Å². The van der Waals surface area contributed by atoms with Crippen LogP contribution in [0.3, 0.4) is 0 Å². The maximum absolute atomic E-state index is 12.8. The molecular weight excluding hydrogens is 742 g/mol. The molecule has 8 atom stereocenters. The van der Waals surface area contributed by atoms with Gasteiger partial charge < -0.3 is 34.0 Å². The summed E-state index contributed by atoms with van der Waals surface area (Å²) < 4.78 is 54.9. The van der Waals surface area contributed by atoms with E-state index >= 15 is 0 Å². The summed E-state index contributed by atoms with van der Waals surface area (Å²) in [6, 6.07) is 0. The third kappa shape index (κ3) is 12.8. The van der Waals surface area contributed by atoms with Gasteiger partial charge in [0.05, 0.1) is 25.9 Å². The quantitative estimate of drug-likeness (QED) is 0.0737. The minimum Gasteiger partial charge on any atom is -0.394 e. The molecule has 2 aromatic rings. The number of aliphatic hydroxyl groups excluding tert-OH is 2. The van der Waals surface area contributed by atoms with Gasteiger partial charge in [-0.05, 0) is 26.7 Å². The van der Waals surface area contributed by atoms with E-state index in [1.807, 2.05) is 0 Å². The van der Waals surface area contributed by atoms with Crippen LogP contribution >= 0.6 is 15.4 Å². The van der Waals surface area contributed by atoms with E-state index in [2.05, 4.69) is 9.97 Å². The Hall–Kier alpha value is -2.54. The number of H-pyrrole nitrogens is 2. The molecule has 6 N–H and O–H groups in total. The zero-order chi connectivity index (χ0) is 38.8. The third-order valence-electron chi connectivity index (χ3n) is 9.29. The van der Waals surface area contributed by atoms with E-state index in [4.69, 9.17) is 23.0 Å². The van der Waals surface area contributed by atoms with Crippen molar-refractivity contribution >= 4 is 15.4 Å². The normalized spacial score (nSPS) is 25.4. The molecule has 2 aliphatic rings. The van der Waals surface area contributed by atoms with Crippen molar-refractivity contribution in [3.8, 4) is 0 Å². The molecule has 0 bridgehead atoms. The summed E-state index contributed by atoms with van der Waals surface area (Å²) in [6.45, 7) is 2.06. The highest BCUT2D eigenvalue weighted by Crippen LogP contribution is 2.49. The maximum atomic E-state index is 12.8. The van der Waals surface area contributed by atoms with Crippen LogP contribution in [0.5, 0.6) is 0 Å². The molecule has 53 heavy (non-hydrogen) atoms. The Morgan fingerprint density at radius 3 is 1.57 bits per heavy atom. The highest BCUT2D eigenvalue weighted by molar-refractivity contribution is 7.52. The topological polar surface area (TPSA) is 271 Å². The zero-order valence-corrected chi connectivity index (χ0v) is 31.8. The Morgan fingerprint density at radius 2 is 1.11 bits per heavy atom. The van der Waals surface area contributed by atoms with Gasteiger partial charge in [-0.3, -0.25) is 42.3 Å². The molecule has 2 aromatic heterocycles. The third-order valence-corrected chi connectivity index (χ3v) is 11.8. The number of hydrogen-bond acceptors (Lipinski definition) is 13. The second-order valence-corrected chi connectivity index (χ2v) is 16.9. The van der Waals surface area contributed by atoms with Crippen LogP contribution in [-0.4, -0.2) is 89.5 Å². The molecule has 0 aromatic carbocycles. The second-order valence-electron chi connectivity index (χ2n) is 13.5. The van der Waals surface area contributed by atoms with Gasteiger partial charge in [0.2, 0.25) is 0 Å². The van der Waals surface area contributed by atoms with Crippen LogP contribution in [0.1, 0.15) is 101 Å². The molecule has 0 radical (unpaired) electrons. The van der Waals surface area contributed by atoms with Crippen molar-refractivity contribution in [1.29, 1.82) is 0 Å². The van der Waals surface area contributed by atoms with Crippen molar-refractivity contribution in [3.05, 3.63) is 65.2 Å². The first kappa shape index (κ1) is 43.2. The van der Waals surface area contributed by atoms with Crippen molar-refractivity contribution < 1.29 is 52.2 Å². The largest absolute Gasteiger partial charge is 0.472 e. The average Bonchev–Trinajstić information content (AvgIpc) is 3.68. The predicted octanol–water partition coefficient (Wildman–Crippen LogP) is 2.24. The monoisotopic (exact) mass is 794 g/mol. The number of ether oxygens (including phenoxy) is 2. The van der Waals surface area contributed by atoms with Crippen LogP contribution in [0.25, 0.3) is 0 Å². The van der Waals surface area contributed by atoms with Crippen molar-refractivity contribution in [2.45, 2.75) is 128 Å². The molecule has 19 nitrogen and oxygen atoms in total. The first-order valence-electron chi connectivity index (χ1n) is 18.0. The number of hydrogen-bond donors (Lipinski definition) is 6. The number of aromatic nitrogens is 4. The van der Waals surface area contributed by atoms with Gasteiger partial charge in [0, 0.05) is 42.5 Å². The fourth-order valence-corrected chi connectivity index (χ4v) is 8.72. The molecule has 2 saturated heterocycles. The highest BCUT2D eigenvalue weighted by atomic mass is 31.2. The molecule has 4 heterocycles. The van der Waals surface area contributed by atoms with Crippen molar-refractivity contribution in [1.82, 2.24) is 19.1 Å². The van der Waals surface area contributed by atoms with Crippen molar-refractivity contribution in [3.63, 3.8) is 0 Å². The van der Waals surface area contributed by atoms with Crippen molar-refractivity contribution in [2.75, 3.05) is 26.0 Å². The Bertz CT molecular complexity index is 1700. The first-order chi connectivity index (χ1) is 25.1. The molecule has 300 valence electrons. The Balaban J connectivity index is 1.03. The molecule has 0 spiro atoms. The number of aryl methyl sites for hydroxylation is 2. The molecular formula is C32H52N4O15P2. The molecule has 2 unspecified atom stereocenters. The fraction of sp³-hybridized carbons (Fsp3) is 0.750. The lowest BCUT2D eigenvalue weighted by Gasteiger charge is -2.20. The van der Waals surface area contributed by atoms with E-state index in [-0.39, 0.29) is 31.2 Å². The van der Waals surface area contributed by atoms with Gasteiger partial charge in [-0.1, -0.05) is 51.4 Å². The molecule has 0 aliphatic carbocycles. The number of nitrogens with one attached hydrogen (secondary N) is 2. The van der Waals surface area contributed by atoms with Crippen molar-refractivity contribution in [2.24, 2.45) is 0 Å². The fourth-order valence-electron chi connectivity index (χ4n) is 6.37. The number of nitrogens with zero attached hydrogens (tertiary/aromatic N) is 2. The Labute approximate surface area is 305 Å². The Kier molecular flexibility index (Phi) is 16.2. The van der Waals surface area contributed by atoms with Gasteiger partial charge in [-0.15, -0.1) is 0 Å². The zero-order valence-electron chi connectivity index (χ0n) is 30.0. The Morgan fingerprint density at radius 1 is 0.698 bits per heavy atom. The van der Waals surface area contributed by atoms with E-state index in [9.17, 15) is 48.3 Å². The summed E-state index contributed by atoms with van der Waals surface area (Å²) in [5.41, 5.74) is -1.88. The number of phosphoric acid groups is 1. The summed E-state index contributed by atoms with van der Waals surface area (Å²) in [4.78, 5) is 72.8. The van der Waals surface area contributed by atoms with E-state index < -0.39 is 88.0 Å². The number of rotatable bonds is 22. The van der Waals surface area contributed by atoms with Gasteiger partial charge in [0.1, 0.15) is 30.8 Å². The number of unbranched alkanes of at least 4 members (excludes halogenated alkanes) is 9. The van der Waals surface area contributed by atoms with Crippen LogP contribution in [0, 0.1) is 13.8 Å². The van der Waals surface area contributed by atoms with Gasteiger partial charge in [-0.25, -0.2) is 14.2 Å². The lowest BCUT2D eigenvalue weighted by atomic mass is 10.1. The summed E-state index contributed by atoms with van der Waals surface area (Å²) in [5, 5.41) is 19.4. The highest BCUT2D eigenvalue weighted by Gasteiger charge is 2.42. The smallest absolute Gasteiger partial charge is 0.394 e. The molecule has 0 saturated carbocycles. The van der Waals surface area contributed by atoms with Crippen LogP contribution in [-0.2, 0) is 32.2 Å². The van der Waals surface area contributed by atoms with E-state index in [0.29, 0.717) is 18.4 Å². The number of aliphatic hydroxyl groups is 2. The molecule has 2 aliphatic heterocycles. The maximum Gasteiger partial charge on any atom is 0.472 e. The van der Waals surface area contributed by atoms with Crippen LogP contribution in [0.15, 0.2) is 31.6 Å². The second kappa shape index (κ2) is 19.9. The van der Waals surface area contributed by atoms with E-state index in [1.54, 1.807) is 0 Å². The average molecular weight is 795 g/mol. The number of aromatic amines is 2. The summed E-state index contributed by atoms with van der Waals surface area (Å²) in [7, 11) is -8.46. The summed E-state index contributed by atoms with van der Waals surface area (Å²) in [5.74, 6) is 0. The molecule has 21 heteroatoms. The lowest BCUT2D eigenvalue weighted by molar-refractivity contribution is -0.0464. The lowest BCUT2D eigenvalue weighted by Crippen LogP contribution is -2.33. The van der Waals surface area contributed by atoms with E-state index in [0.717, 1.165) is 55.9 Å². The van der Waals surface area contributed by atoms with Gasteiger partial charge >= 0.3 is 26.8 Å². The van der Waals surface area contributed by atoms with Gasteiger partial charge in [-0.2, -0.15) is 0 Å². The minimum atomic E-state index is -4.48. The first-order valence-corrected chi connectivity index (χ1v) is 21.2. The predicted molar refractivity (Wildman–Crippen MR) is 190 cm³/mol. The molecule has 4 rings (SSSR count). The van der Waals surface area contributed by atoms with Gasteiger partial charge in [0.25, 0.3) is 11.1 Å². The minimum absolute atomic E-state index is 0.00457. The SMILES string of the molecule is Cc1cn([C@H]2C[C@H](OP(=O)(O)CCCCCCCCCCCCOP(=O)(O)O[C@H]3C[C@H](n4cc(C)c(=O)[nH]c4=O)O[C@@H]3CO)[C@@H](CO)O2)c(=O)[nH]c1=O. The van der Waals surface area contributed by atoms with Crippen LogP contribution < -0.4 is 22.5 Å². The molecule has 0 amide bonds. The number of phosphoric ester groups is 1. The summed E-state index contributed by atoms with van der Waals surface area (Å²) in [6.07, 6.45) is 5.32. The molecule has 2 fully saturated rings. The van der Waals surface area contributed by atoms with Crippen LogP contribution in [0.4, 0.5) is 0 Å². The van der Waals surface area contributed by atoms with Gasteiger partial charge in [0.15, 0.2) is 0 Å². The standard InChI is InChI=1S/C32H52N4O15P2/c1-21-17-35(31(41)33-29(21)39)27-15-23(25(19-37)48-27)50-52(43,44)14-12-10-8-6-4-3-5-7-9-11-13-47-53(45,46)51-24-16-28(49-26(24)20-38)36-18-22(2)30(40)34-32(36)42/h17-18,23-28,37-38H,3-16,19-20H2,1-2H3,(H,43,44)(H,45,46)(H,33,39,41)(H,34,40,42)/t23-,24-,25+,26+,27+,28+/m0/s1.